The van der Waals surface area contributed by atoms with Crippen LogP contribution < -0.4 is 48.3 Å². The fourth-order valence-electron chi connectivity index (χ4n) is 17.4. The number of hydrogen-bond donors (Lipinski definition) is 12. The minimum atomic E-state index is -1.84. The molecular weight excluding hydrogens is 1750 g/mol. The van der Waals surface area contributed by atoms with Gasteiger partial charge in [-0.05, 0) is 133 Å². The maximum Gasteiger partial charge on any atom is 0.246 e. The van der Waals surface area contributed by atoms with Crippen molar-refractivity contribution >= 4 is 111 Å². The molecule has 0 aliphatic carbocycles. The van der Waals surface area contributed by atoms with E-state index in [2.05, 4.69) is 47.5 Å². The van der Waals surface area contributed by atoms with Crippen LogP contribution >= 0.6 is 11.8 Å². The quantitative estimate of drug-likeness (QED) is 0.0442. The number of para-hydroxylation sites is 1. The van der Waals surface area contributed by atoms with Gasteiger partial charge in [0.25, 0.3) is 0 Å². The third-order valence-electron chi connectivity index (χ3n) is 25.0. The Morgan fingerprint density at radius 2 is 0.963 bits per heavy atom. The maximum atomic E-state index is 15.8. The van der Waals surface area contributed by atoms with Gasteiger partial charge in [0, 0.05) is 102 Å². The van der Waals surface area contributed by atoms with Crippen LogP contribution in [-0.2, 0) is 110 Å². The number of nitrogens with one attached hydrogen (secondary N) is 9. The number of nitrogens with zero attached hydrogens (tertiary/aromatic N) is 6. The van der Waals surface area contributed by atoms with Crippen molar-refractivity contribution < 1.29 is 95.3 Å². The Kier molecular flexibility index (Phi) is 35.4. The summed E-state index contributed by atoms with van der Waals surface area (Å²) in [5.41, 5.74) is 8.24. The molecule has 134 heavy (non-hydrogen) atoms. The number of nitrogens with two attached hydrogens (primary N) is 1. The van der Waals surface area contributed by atoms with Crippen LogP contribution in [0.15, 0.2) is 152 Å². The number of likely N-dealkylation sites (N-methyl/N-ethyl adjacent to an activating group) is 3. The molecule has 4 aliphatic rings. The van der Waals surface area contributed by atoms with Crippen molar-refractivity contribution in [3.8, 4) is 11.5 Å². The van der Waals surface area contributed by atoms with E-state index in [-0.39, 0.29) is 101 Å². The fourth-order valence-corrected chi connectivity index (χ4v) is 18.3. The van der Waals surface area contributed by atoms with E-state index < -0.39 is 221 Å². The predicted octanol–water partition coefficient (Wildman–Crippen LogP) is 4.45. The summed E-state index contributed by atoms with van der Waals surface area (Å²) in [7, 11) is 4.01. The van der Waals surface area contributed by atoms with Crippen molar-refractivity contribution in [1.82, 2.24) is 76.9 Å². The van der Waals surface area contributed by atoms with Crippen LogP contribution in [0.1, 0.15) is 126 Å². The smallest absolute Gasteiger partial charge is 0.246 e. The number of halogens is 3. The van der Waals surface area contributed by atoms with Crippen LogP contribution in [0.4, 0.5) is 13.2 Å². The Morgan fingerprint density at radius 1 is 0.478 bits per heavy atom. The SMILES string of the molecule is CCCCC1C(=O)N2CCCC2C(=O)N2CCCC2C(=O)NC(C(C)C)C(=O)N(C)C(Cc2ccccc2)C(=O)NC(Cc2ccc(O)cc2)C(=O)N2CCC2C(=O)NC(Cc2c[nH]c3ccccc23)C(=O)NC(Cc2ccc(O)cc2)C(=O)NC(CC(C)C)C(=O)NC(C(=O)NCC(N)=O)CSCC(=O)NC(Cc2cc(F)c(F)c(F)c2)C(=O)N(C)C(Cc2ccccc2)C(=O)N1C. The summed E-state index contributed by atoms with van der Waals surface area (Å²) >= 11 is 0.703. The van der Waals surface area contributed by atoms with E-state index in [1.54, 1.807) is 119 Å². The minimum absolute atomic E-state index is 0.0380. The number of primary amides is 1. The van der Waals surface area contributed by atoms with E-state index in [9.17, 15) is 29.0 Å². The number of aromatic nitrogens is 1. The van der Waals surface area contributed by atoms with Crippen LogP contribution in [0.2, 0.25) is 0 Å². The molecule has 4 fully saturated rings. The van der Waals surface area contributed by atoms with Crippen LogP contribution in [0.5, 0.6) is 11.5 Å². The normalized spacial score (nSPS) is 23.9. The van der Waals surface area contributed by atoms with Gasteiger partial charge in [-0.15, -0.1) is 11.8 Å². The molecule has 11 rings (SSSR count). The van der Waals surface area contributed by atoms with Crippen LogP contribution in [0.25, 0.3) is 10.9 Å². The van der Waals surface area contributed by atoms with Crippen molar-refractivity contribution in [3.63, 3.8) is 0 Å². The van der Waals surface area contributed by atoms with Gasteiger partial charge in [-0.1, -0.05) is 151 Å². The van der Waals surface area contributed by atoms with Crippen molar-refractivity contribution in [2.45, 2.75) is 209 Å². The van der Waals surface area contributed by atoms with E-state index in [4.69, 9.17) is 5.73 Å². The summed E-state index contributed by atoms with van der Waals surface area (Å²) < 4.78 is 45.2. The van der Waals surface area contributed by atoms with Crippen molar-refractivity contribution in [1.29, 1.82) is 0 Å². The summed E-state index contributed by atoms with van der Waals surface area (Å²) in [6.07, 6.45) is 1.54. The second-order valence-corrected chi connectivity index (χ2v) is 36.5. The number of aromatic amines is 1. The summed E-state index contributed by atoms with van der Waals surface area (Å²) in [4.78, 5) is 237. The molecule has 0 saturated carbocycles. The molecule has 37 heteroatoms. The van der Waals surface area contributed by atoms with Gasteiger partial charge in [-0.3, -0.25) is 71.9 Å². The largest absolute Gasteiger partial charge is 0.508 e. The number of thioether (sulfide) groups is 1. The fraction of sp³-hybridized carbons (Fsp3) is 0.454. The van der Waals surface area contributed by atoms with E-state index >= 15 is 66.3 Å². The van der Waals surface area contributed by atoms with E-state index in [1.165, 1.54) is 94.2 Å². The zero-order valence-corrected chi connectivity index (χ0v) is 77.1. The van der Waals surface area contributed by atoms with Crippen LogP contribution in [0, 0.1) is 29.3 Å². The predicted molar refractivity (Wildman–Crippen MR) is 492 cm³/mol. The highest BCUT2D eigenvalue weighted by molar-refractivity contribution is 8.00. The molecule has 15 amide bonds. The average Bonchev–Trinajstić information content (AvgIpc) is 1.14. The lowest BCUT2D eigenvalue weighted by atomic mass is 9.95. The molecule has 0 bridgehead atoms. The Labute approximate surface area is 779 Å². The number of phenols is 2. The Balaban J connectivity index is 0.975. The zero-order valence-electron chi connectivity index (χ0n) is 76.3. The summed E-state index contributed by atoms with van der Waals surface area (Å²) in [5, 5.41) is 43.3. The van der Waals surface area contributed by atoms with Crippen molar-refractivity contribution in [2.24, 2.45) is 17.6 Å². The topological polar surface area (TPSA) is 454 Å². The van der Waals surface area contributed by atoms with Gasteiger partial charge in [0.15, 0.2) is 17.5 Å². The zero-order chi connectivity index (χ0) is 96.9. The number of benzene rings is 6. The molecule has 0 spiro atoms. The highest BCUT2D eigenvalue weighted by atomic mass is 32.2. The highest BCUT2D eigenvalue weighted by Crippen LogP contribution is 2.31. The Hall–Kier alpha value is -13.4. The number of carbonyl (C=O) groups is 15. The first-order chi connectivity index (χ1) is 64.0. The third kappa shape index (κ3) is 26.1. The molecule has 5 heterocycles. The highest BCUT2D eigenvalue weighted by Gasteiger charge is 2.49. The second-order valence-electron chi connectivity index (χ2n) is 35.5. The van der Waals surface area contributed by atoms with Gasteiger partial charge in [0.2, 0.25) is 88.6 Å². The number of aromatic hydroxyl groups is 2. The number of fused-ring (bicyclic) bond motifs is 4. The van der Waals surface area contributed by atoms with Crippen molar-refractivity contribution in [2.75, 3.05) is 58.8 Å². The van der Waals surface area contributed by atoms with E-state index in [1.807, 2.05) is 6.92 Å². The first-order valence-corrected chi connectivity index (χ1v) is 46.4. The summed E-state index contributed by atoms with van der Waals surface area (Å²) in [6.45, 7) is 8.01. The monoisotopic (exact) mass is 1870 g/mol. The average molecular weight is 1870 g/mol. The standard InChI is InChI=1S/C97H119F3N16O17S/c1-9-10-27-77-95(131)115-40-20-29-78(115)96(132)114-39-19-28-75(114)90(126)110-84(56(4)5)97(133)112(7)79(48-57-21-13-11-14-22-57)91(127)108-73(46-60-32-36-64(118)37-33-60)93(129)116-41-38-76(116)89(125)107-71(50-62-51-102-68-26-18-17-25-65(62)68)88(124)106-70(45-59-30-34-63(117)35-31-59)87(123)105-69(42-55(2)3)86(122)109-74(85(121)103-52-81(101)119)53-134-54-82(120)104-72(47-61-43-66(98)83(100)67(99)44-61)92(128)113(8)80(94(130)111(77)6)49-58-23-15-12-16-24-58/h11-18,21-26,30-37,43-44,51,55-56,69-80,84,102,117-118H,9-10,19-20,27-29,38-42,45-50,52-54H2,1-8H3,(H2,101,119)(H,103,121)(H,104,120)(H,105,123)(H,106,124)(H,107,125)(H,108,127)(H,109,122)(H,110,126). The molecule has 1 aromatic heterocycles. The molecule has 13 N–H and O–H groups in total. The number of amides is 15. The molecule has 13 unspecified atom stereocenters. The molecule has 6 aromatic carbocycles. The number of H-pyrrole nitrogens is 1. The molecule has 33 nitrogen and oxygen atoms in total. The van der Waals surface area contributed by atoms with Crippen molar-refractivity contribution in [3.05, 3.63) is 203 Å². The van der Waals surface area contributed by atoms with Gasteiger partial charge in [0.1, 0.15) is 90.0 Å². The molecule has 4 saturated heterocycles. The Bertz CT molecular complexity index is 5380. The molecule has 0 radical (unpaired) electrons. The van der Waals surface area contributed by atoms with Crippen LogP contribution in [0.3, 0.4) is 0 Å². The lowest BCUT2D eigenvalue weighted by Gasteiger charge is -2.42. The van der Waals surface area contributed by atoms with E-state index in [0.717, 1.165) is 4.90 Å². The van der Waals surface area contributed by atoms with E-state index in [0.29, 0.717) is 88.3 Å². The maximum absolute atomic E-state index is 15.8. The molecule has 13 atom stereocenters. The van der Waals surface area contributed by atoms with Gasteiger partial charge < -0.3 is 92.9 Å². The second kappa shape index (κ2) is 46.8. The van der Waals surface area contributed by atoms with Crippen LogP contribution in [-0.4, -0.2) is 271 Å². The van der Waals surface area contributed by atoms with Gasteiger partial charge >= 0.3 is 0 Å². The lowest BCUT2D eigenvalue weighted by molar-refractivity contribution is -0.154. The molecule has 7 aromatic rings. The van der Waals surface area contributed by atoms with Gasteiger partial charge in [-0.2, -0.15) is 0 Å². The number of phenolic OH excluding ortho intramolecular Hbond substituents is 2. The minimum Gasteiger partial charge on any atom is -0.508 e. The summed E-state index contributed by atoms with van der Waals surface area (Å²) in [6, 6.07) is 18.0. The Morgan fingerprint density at radius 3 is 1.54 bits per heavy atom. The summed E-state index contributed by atoms with van der Waals surface area (Å²) in [5.74, 6) is -20.4. The number of rotatable bonds is 21. The molecular formula is C97H119F3N16O17S. The number of hydrogen-bond acceptors (Lipinski definition) is 18. The lowest BCUT2D eigenvalue weighted by Crippen LogP contribution is -2.65. The third-order valence-corrected chi connectivity index (χ3v) is 26.0. The first-order valence-electron chi connectivity index (χ1n) is 45.3. The first kappa shape index (κ1) is 101. The molecule has 4 aliphatic heterocycles. The molecule has 716 valence electrons. The van der Waals surface area contributed by atoms with Gasteiger partial charge in [-0.25, -0.2) is 13.2 Å². The van der Waals surface area contributed by atoms with Gasteiger partial charge in [0.05, 0.1) is 12.3 Å². The number of unbranched alkanes of at least 4 members (excludes halogenated alkanes) is 1. The number of carbonyl (C=O) groups excluding carboxylic acids is 15.